The Morgan fingerprint density at radius 2 is 1.49 bits per heavy atom. The summed E-state index contributed by atoms with van der Waals surface area (Å²) in [6, 6.07) is 33.0. The number of hydrogen-bond donors (Lipinski definition) is 0. The number of nitrogens with zero attached hydrogens (tertiary/aromatic N) is 3. The van der Waals surface area contributed by atoms with Gasteiger partial charge < -0.3 is 4.74 Å². The van der Waals surface area contributed by atoms with Gasteiger partial charge in [-0.15, -0.1) is 0 Å². The van der Waals surface area contributed by atoms with Gasteiger partial charge in [0.05, 0.1) is 23.7 Å². The number of benzene rings is 3. The molecule has 184 valence electrons. The van der Waals surface area contributed by atoms with E-state index in [0.29, 0.717) is 18.2 Å². The smallest absolute Gasteiger partial charge is 0.309 e. The van der Waals surface area contributed by atoms with E-state index in [2.05, 4.69) is 82.5 Å². The highest BCUT2D eigenvalue weighted by atomic mass is 35.5. The van der Waals surface area contributed by atoms with E-state index in [1.807, 2.05) is 31.2 Å². The van der Waals surface area contributed by atoms with Crippen molar-refractivity contribution in [1.82, 2.24) is 14.8 Å². The fourth-order valence-corrected chi connectivity index (χ4v) is 5.60. The van der Waals surface area contributed by atoms with Crippen LogP contribution < -0.4 is 0 Å². The first kappa shape index (κ1) is 23.4. The summed E-state index contributed by atoms with van der Waals surface area (Å²) in [5.74, 6) is -0.384. The zero-order chi connectivity index (χ0) is 25.4. The third kappa shape index (κ3) is 3.91. The number of carbonyl (C=O) groups is 1. The van der Waals surface area contributed by atoms with Crippen LogP contribution in [-0.2, 0) is 15.1 Å². The molecule has 5 aromatic rings. The second kappa shape index (κ2) is 9.49. The maximum Gasteiger partial charge on any atom is 0.309 e. The average molecular weight is 508 g/mol. The van der Waals surface area contributed by atoms with Crippen molar-refractivity contribution in [3.05, 3.63) is 131 Å². The van der Waals surface area contributed by atoms with Gasteiger partial charge in [0.15, 0.2) is 0 Å². The van der Waals surface area contributed by atoms with Crippen LogP contribution in [0.1, 0.15) is 41.6 Å². The molecule has 37 heavy (non-hydrogen) atoms. The van der Waals surface area contributed by atoms with Crippen LogP contribution in [0.15, 0.2) is 103 Å². The number of pyridine rings is 1. The van der Waals surface area contributed by atoms with Crippen LogP contribution in [0.5, 0.6) is 0 Å². The Morgan fingerprint density at radius 1 is 0.946 bits per heavy atom. The van der Waals surface area contributed by atoms with Gasteiger partial charge in [-0.1, -0.05) is 103 Å². The Balaban J connectivity index is 1.68. The summed E-state index contributed by atoms with van der Waals surface area (Å²) in [6.45, 7) is 2.20. The van der Waals surface area contributed by atoms with Crippen molar-refractivity contribution in [2.45, 2.75) is 24.8 Å². The highest BCUT2D eigenvalue weighted by molar-refractivity contribution is 6.30. The van der Waals surface area contributed by atoms with Crippen molar-refractivity contribution in [2.75, 3.05) is 6.61 Å². The summed E-state index contributed by atoms with van der Waals surface area (Å²) in [4.78, 5) is 16.9. The molecule has 2 atom stereocenters. The Morgan fingerprint density at radius 3 is 2.00 bits per heavy atom. The molecule has 2 heterocycles. The highest BCUT2D eigenvalue weighted by Gasteiger charge is 2.49. The minimum Gasteiger partial charge on any atom is -0.466 e. The lowest BCUT2D eigenvalue weighted by molar-refractivity contribution is -0.144. The van der Waals surface area contributed by atoms with Crippen molar-refractivity contribution < 1.29 is 9.53 Å². The number of carbonyl (C=O) groups excluding carboxylic acids is 1. The molecule has 0 saturated heterocycles. The predicted octanol–water partition coefficient (Wildman–Crippen LogP) is 6.59. The van der Waals surface area contributed by atoms with E-state index in [4.69, 9.17) is 21.4 Å². The molecular weight excluding hydrogens is 482 g/mol. The number of fused-ring (bicyclic) bond motifs is 1. The maximum absolute atomic E-state index is 12.6. The van der Waals surface area contributed by atoms with Crippen LogP contribution in [-0.4, -0.2) is 27.3 Å². The van der Waals surface area contributed by atoms with Gasteiger partial charge in [0.1, 0.15) is 10.7 Å². The number of ether oxygens (including phenoxy) is 1. The molecule has 5 nitrogen and oxygen atoms in total. The largest absolute Gasteiger partial charge is 0.466 e. The monoisotopic (exact) mass is 507 g/mol. The fourth-order valence-electron chi connectivity index (χ4n) is 5.45. The zero-order valence-electron chi connectivity index (χ0n) is 20.4. The van der Waals surface area contributed by atoms with E-state index in [0.717, 1.165) is 33.3 Å². The Kier molecular flexibility index (Phi) is 6.01. The molecule has 6 rings (SSSR count). The van der Waals surface area contributed by atoms with Crippen LogP contribution in [0.4, 0.5) is 0 Å². The van der Waals surface area contributed by atoms with E-state index in [1.54, 1.807) is 6.20 Å². The van der Waals surface area contributed by atoms with E-state index < -0.39 is 5.54 Å². The van der Waals surface area contributed by atoms with Crippen molar-refractivity contribution in [1.29, 1.82) is 0 Å². The van der Waals surface area contributed by atoms with Crippen molar-refractivity contribution in [2.24, 2.45) is 5.92 Å². The fraction of sp³-hybridized carbons (Fsp3) is 0.194. The maximum atomic E-state index is 12.6. The molecule has 0 aliphatic heterocycles. The average Bonchev–Trinajstić information content (AvgIpc) is 3.66. The van der Waals surface area contributed by atoms with Gasteiger partial charge in [-0.3, -0.25) is 4.79 Å². The molecule has 0 spiro atoms. The number of hydrogen-bond acceptors (Lipinski definition) is 4. The van der Waals surface area contributed by atoms with Gasteiger partial charge in [-0.05, 0) is 30.0 Å². The van der Waals surface area contributed by atoms with Crippen LogP contribution in [0.2, 0.25) is 5.15 Å². The molecule has 0 N–H and O–H groups in total. The standard InChI is InChI=1S/C31H26ClN3O2/c1-2-37-30(36)25-18-24(25)29-26-20-33-28(32)19-27(26)35(34-29)31(21-12-6-3-7-13-21,22-14-8-4-9-15-22)23-16-10-5-11-17-23/h3-17,19-20,24-25H,2,18H2,1H3/t24-,25-/m1/s1. The van der Waals surface area contributed by atoms with Crippen LogP contribution >= 0.6 is 11.6 Å². The summed E-state index contributed by atoms with van der Waals surface area (Å²) in [7, 11) is 0. The molecule has 0 radical (unpaired) electrons. The first-order valence-corrected chi connectivity index (χ1v) is 12.9. The van der Waals surface area contributed by atoms with E-state index >= 15 is 0 Å². The lowest BCUT2D eigenvalue weighted by Crippen LogP contribution is -2.38. The lowest BCUT2D eigenvalue weighted by Gasteiger charge is -2.37. The van der Waals surface area contributed by atoms with Crippen LogP contribution in [0, 0.1) is 5.92 Å². The van der Waals surface area contributed by atoms with E-state index in [9.17, 15) is 4.79 Å². The summed E-state index contributed by atoms with van der Waals surface area (Å²) in [5.41, 5.74) is 4.11. The third-order valence-corrected chi connectivity index (χ3v) is 7.39. The van der Waals surface area contributed by atoms with Crippen LogP contribution in [0.3, 0.4) is 0 Å². The summed E-state index contributed by atoms with van der Waals surface area (Å²) in [5, 5.41) is 6.58. The Hall–Kier alpha value is -3.96. The molecule has 0 bridgehead atoms. The Labute approximate surface area is 220 Å². The zero-order valence-corrected chi connectivity index (χ0v) is 21.2. The quantitative estimate of drug-likeness (QED) is 0.142. The number of esters is 1. The molecule has 0 unspecified atom stereocenters. The molecular formula is C31H26ClN3O2. The minimum atomic E-state index is -0.792. The normalized spacial score (nSPS) is 17.0. The molecule has 2 aromatic heterocycles. The highest BCUT2D eigenvalue weighted by Crippen LogP contribution is 2.51. The SMILES string of the molecule is CCOC(=O)[C@@H]1C[C@H]1c1nn(C(c2ccccc2)(c2ccccc2)c2ccccc2)c2cc(Cl)ncc12. The number of aromatic nitrogens is 3. The molecule has 6 heteroatoms. The van der Waals surface area contributed by atoms with Gasteiger partial charge in [0.25, 0.3) is 0 Å². The number of rotatable bonds is 7. The Bertz CT molecular complexity index is 1450. The van der Waals surface area contributed by atoms with Gasteiger partial charge in [-0.25, -0.2) is 9.67 Å². The summed E-state index contributed by atoms with van der Waals surface area (Å²) in [6.07, 6.45) is 2.49. The first-order valence-electron chi connectivity index (χ1n) is 12.5. The van der Waals surface area contributed by atoms with Crippen molar-refractivity contribution in [3.63, 3.8) is 0 Å². The second-order valence-corrected chi connectivity index (χ2v) is 9.72. The molecule has 1 aliphatic carbocycles. The lowest BCUT2D eigenvalue weighted by atomic mass is 9.77. The van der Waals surface area contributed by atoms with Gasteiger partial charge >= 0.3 is 5.97 Å². The molecule has 1 aliphatic rings. The van der Waals surface area contributed by atoms with E-state index in [1.165, 1.54) is 0 Å². The number of halogens is 1. The minimum absolute atomic E-state index is 0.0224. The van der Waals surface area contributed by atoms with Gasteiger partial charge in [0, 0.05) is 23.6 Å². The van der Waals surface area contributed by atoms with Crippen molar-refractivity contribution in [3.8, 4) is 0 Å². The molecule has 0 amide bonds. The summed E-state index contributed by atoms with van der Waals surface area (Å²) >= 11 is 6.48. The predicted molar refractivity (Wildman–Crippen MR) is 145 cm³/mol. The second-order valence-electron chi connectivity index (χ2n) is 9.33. The third-order valence-electron chi connectivity index (χ3n) is 7.18. The summed E-state index contributed by atoms with van der Waals surface area (Å²) < 4.78 is 7.40. The van der Waals surface area contributed by atoms with Gasteiger partial charge in [-0.2, -0.15) is 5.10 Å². The van der Waals surface area contributed by atoms with E-state index in [-0.39, 0.29) is 17.8 Å². The van der Waals surface area contributed by atoms with Gasteiger partial charge in [0.2, 0.25) is 0 Å². The van der Waals surface area contributed by atoms with Crippen molar-refractivity contribution >= 4 is 28.5 Å². The molecule has 3 aromatic carbocycles. The van der Waals surface area contributed by atoms with Crippen LogP contribution in [0.25, 0.3) is 10.9 Å². The first-order chi connectivity index (χ1) is 18.1. The molecule has 1 saturated carbocycles. The topological polar surface area (TPSA) is 57.0 Å². The molecule has 1 fully saturated rings.